The van der Waals surface area contributed by atoms with Crippen molar-refractivity contribution in [3.05, 3.63) is 81.4 Å². The molecule has 0 atom stereocenters. The summed E-state index contributed by atoms with van der Waals surface area (Å²) in [7, 11) is 0. The van der Waals surface area contributed by atoms with Gasteiger partial charge in [-0.15, -0.1) is 0 Å². The second kappa shape index (κ2) is 7.52. The third kappa shape index (κ3) is 3.90. The van der Waals surface area contributed by atoms with E-state index in [4.69, 9.17) is 11.6 Å². The summed E-state index contributed by atoms with van der Waals surface area (Å²) in [5, 5.41) is 11.8. The van der Waals surface area contributed by atoms with Crippen molar-refractivity contribution < 1.29 is 4.79 Å². The van der Waals surface area contributed by atoms with Crippen LogP contribution in [0.25, 0.3) is 16.8 Å². The number of halogens is 1. The SMILES string of the molecule is Cc1ccc(C)c(-c2cc3c(=O)n(CC(=O)Nc4ccc(Cl)cc4)ncn3n2)c1. The minimum Gasteiger partial charge on any atom is -0.324 e. The highest BCUT2D eigenvalue weighted by atomic mass is 35.5. The largest absolute Gasteiger partial charge is 0.324 e. The van der Waals surface area contributed by atoms with Gasteiger partial charge in [0.1, 0.15) is 18.4 Å². The molecule has 0 unspecified atom stereocenters. The Kier molecular flexibility index (Phi) is 4.90. The fourth-order valence-electron chi connectivity index (χ4n) is 3.06. The van der Waals surface area contributed by atoms with Crippen LogP contribution in [0.1, 0.15) is 11.1 Å². The van der Waals surface area contributed by atoms with E-state index in [1.54, 1.807) is 30.3 Å². The predicted octanol–water partition coefficient (Wildman–Crippen LogP) is 3.47. The van der Waals surface area contributed by atoms with Crippen molar-refractivity contribution in [2.24, 2.45) is 0 Å². The number of amides is 1. The molecule has 0 bridgehead atoms. The van der Waals surface area contributed by atoms with Gasteiger partial charge >= 0.3 is 0 Å². The number of benzene rings is 2. The third-order valence-corrected chi connectivity index (χ3v) is 4.83. The van der Waals surface area contributed by atoms with Crippen molar-refractivity contribution in [1.29, 1.82) is 0 Å². The van der Waals surface area contributed by atoms with E-state index in [0.29, 0.717) is 21.9 Å². The smallest absolute Gasteiger partial charge is 0.293 e. The number of fused-ring (bicyclic) bond motifs is 1. The molecule has 0 aliphatic heterocycles. The fourth-order valence-corrected chi connectivity index (χ4v) is 3.19. The summed E-state index contributed by atoms with van der Waals surface area (Å²) >= 11 is 5.84. The van der Waals surface area contributed by atoms with Crippen LogP contribution in [-0.4, -0.2) is 25.3 Å². The van der Waals surface area contributed by atoms with Gasteiger partial charge in [-0.3, -0.25) is 9.59 Å². The number of aryl methyl sites for hydroxylation is 2. The summed E-state index contributed by atoms with van der Waals surface area (Å²) in [4.78, 5) is 25.1. The topological polar surface area (TPSA) is 81.3 Å². The van der Waals surface area contributed by atoms with Crippen LogP contribution in [0.4, 0.5) is 5.69 Å². The van der Waals surface area contributed by atoms with E-state index in [2.05, 4.69) is 15.5 Å². The number of anilines is 1. The Bertz CT molecular complexity index is 1270. The molecule has 8 heteroatoms. The Morgan fingerprint density at radius 3 is 2.62 bits per heavy atom. The minimum atomic E-state index is -0.386. The van der Waals surface area contributed by atoms with Gasteiger partial charge in [0.2, 0.25) is 5.91 Å². The standard InChI is InChI=1S/C21H18ClN5O2/c1-13-3-4-14(2)17(9-13)18-10-19-21(29)26(23-12-27(19)25-18)11-20(28)24-16-7-5-15(22)6-8-16/h3-10,12H,11H2,1-2H3,(H,24,28). The van der Waals surface area contributed by atoms with E-state index in [0.717, 1.165) is 21.4 Å². The fraction of sp³-hybridized carbons (Fsp3) is 0.143. The van der Waals surface area contributed by atoms with Crippen molar-refractivity contribution in [1.82, 2.24) is 19.4 Å². The zero-order valence-electron chi connectivity index (χ0n) is 15.9. The van der Waals surface area contributed by atoms with Gasteiger partial charge in [-0.05, 0) is 55.8 Å². The van der Waals surface area contributed by atoms with Crippen molar-refractivity contribution in [2.45, 2.75) is 20.4 Å². The maximum absolute atomic E-state index is 12.8. The van der Waals surface area contributed by atoms with Crippen LogP contribution < -0.4 is 10.9 Å². The van der Waals surface area contributed by atoms with Gasteiger partial charge in [-0.2, -0.15) is 10.2 Å². The summed E-state index contributed by atoms with van der Waals surface area (Å²) in [6.45, 7) is 3.80. The number of rotatable bonds is 4. The lowest BCUT2D eigenvalue weighted by Crippen LogP contribution is -2.30. The molecule has 4 aromatic rings. The van der Waals surface area contributed by atoms with Gasteiger partial charge in [0.25, 0.3) is 5.56 Å². The molecule has 2 heterocycles. The van der Waals surface area contributed by atoms with Gasteiger partial charge in [0.15, 0.2) is 0 Å². The Morgan fingerprint density at radius 2 is 1.86 bits per heavy atom. The van der Waals surface area contributed by atoms with Crippen LogP contribution in [0.15, 0.2) is 59.7 Å². The van der Waals surface area contributed by atoms with E-state index in [9.17, 15) is 9.59 Å². The van der Waals surface area contributed by atoms with E-state index < -0.39 is 0 Å². The van der Waals surface area contributed by atoms with Crippen molar-refractivity contribution in [2.75, 3.05) is 5.32 Å². The lowest BCUT2D eigenvalue weighted by Gasteiger charge is -2.06. The molecule has 0 spiro atoms. The predicted molar refractivity (Wildman–Crippen MR) is 112 cm³/mol. The first kappa shape index (κ1) is 18.9. The average Bonchev–Trinajstić information content (AvgIpc) is 3.13. The average molecular weight is 408 g/mol. The lowest BCUT2D eigenvalue weighted by molar-refractivity contribution is -0.117. The molecule has 0 aliphatic rings. The zero-order chi connectivity index (χ0) is 20.5. The van der Waals surface area contributed by atoms with Crippen molar-refractivity contribution in [3.8, 4) is 11.3 Å². The van der Waals surface area contributed by atoms with Gasteiger partial charge in [0, 0.05) is 16.3 Å². The van der Waals surface area contributed by atoms with Crippen molar-refractivity contribution >= 4 is 28.7 Å². The number of carbonyl (C=O) groups is 1. The maximum atomic E-state index is 12.8. The van der Waals surface area contributed by atoms with Gasteiger partial charge in [0.05, 0.1) is 5.69 Å². The molecule has 1 amide bonds. The van der Waals surface area contributed by atoms with E-state index in [1.165, 1.54) is 10.8 Å². The minimum absolute atomic E-state index is 0.206. The second-order valence-corrected chi connectivity index (χ2v) is 7.26. The molecular formula is C21H18ClN5O2. The summed E-state index contributed by atoms with van der Waals surface area (Å²) in [6, 6.07) is 14.5. The number of hydrogen-bond acceptors (Lipinski definition) is 4. The molecule has 2 aromatic carbocycles. The molecule has 0 saturated carbocycles. The molecule has 0 fully saturated rings. The van der Waals surface area contributed by atoms with Crippen molar-refractivity contribution in [3.63, 3.8) is 0 Å². The molecule has 0 saturated heterocycles. The Labute approximate surface area is 171 Å². The van der Waals surface area contributed by atoms with Crippen LogP contribution in [0.2, 0.25) is 5.02 Å². The highest BCUT2D eigenvalue weighted by molar-refractivity contribution is 6.30. The normalized spacial score (nSPS) is 11.0. The molecule has 0 radical (unpaired) electrons. The van der Waals surface area contributed by atoms with E-state index >= 15 is 0 Å². The number of nitrogens with zero attached hydrogens (tertiary/aromatic N) is 4. The van der Waals surface area contributed by atoms with Crippen LogP contribution in [0, 0.1) is 13.8 Å². The van der Waals surface area contributed by atoms with Crippen LogP contribution in [-0.2, 0) is 11.3 Å². The highest BCUT2D eigenvalue weighted by Crippen LogP contribution is 2.23. The van der Waals surface area contributed by atoms with E-state index in [1.807, 2.05) is 32.0 Å². The van der Waals surface area contributed by atoms with E-state index in [-0.39, 0.29) is 18.0 Å². The van der Waals surface area contributed by atoms with Gasteiger partial charge in [-0.1, -0.05) is 29.3 Å². The Morgan fingerprint density at radius 1 is 1.10 bits per heavy atom. The number of nitrogens with one attached hydrogen (secondary N) is 1. The second-order valence-electron chi connectivity index (χ2n) is 6.83. The first-order valence-electron chi connectivity index (χ1n) is 8.99. The first-order chi connectivity index (χ1) is 13.9. The Hall–Kier alpha value is -3.45. The highest BCUT2D eigenvalue weighted by Gasteiger charge is 2.13. The van der Waals surface area contributed by atoms with Gasteiger partial charge in [-0.25, -0.2) is 9.20 Å². The third-order valence-electron chi connectivity index (χ3n) is 4.58. The number of carbonyl (C=O) groups excluding carboxylic acids is 1. The number of hydrogen-bond donors (Lipinski definition) is 1. The molecule has 7 nitrogen and oxygen atoms in total. The monoisotopic (exact) mass is 407 g/mol. The molecule has 2 aromatic heterocycles. The molecule has 4 rings (SSSR count). The zero-order valence-corrected chi connectivity index (χ0v) is 16.6. The lowest BCUT2D eigenvalue weighted by atomic mass is 10.0. The summed E-state index contributed by atoms with van der Waals surface area (Å²) in [5.41, 5.74) is 4.38. The molecule has 146 valence electrons. The van der Waals surface area contributed by atoms with Gasteiger partial charge < -0.3 is 5.32 Å². The first-order valence-corrected chi connectivity index (χ1v) is 9.37. The quantitative estimate of drug-likeness (QED) is 0.561. The van der Waals surface area contributed by atoms with Crippen LogP contribution in [0.5, 0.6) is 0 Å². The molecule has 29 heavy (non-hydrogen) atoms. The van der Waals surface area contributed by atoms with Crippen LogP contribution in [0.3, 0.4) is 0 Å². The summed E-state index contributed by atoms with van der Waals surface area (Å²) in [5.74, 6) is -0.361. The molecule has 0 aliphatic carbocycles. The summed E-state index contributed by atoms with van der Waals surface area (Å²) < 4.78 is 2.56. The number of aromatic nitrogens is 4. The molecule has 1 N–H and O–H groups in total. The van der Waals surface area contributed by atoms with Crippen LogP contribution >= 0.6 is 11.6 Å². The summed E-state index contributed by atoms with van der Waals surface area (Å²) in [6.07, 6.45) is 1.43. The maximum Gasteiger partial charge on any atom is 0.293 e. The molecular weight excluding hydrogens is 390 g/mol. The Balaban J connectivity index is 1.62.